The van der Waals surface area contributed by atoms with Gasteiger partial charge in [0.1, 0.15) is 0 Å². The number of sulfonamides is 1. The SMILES string of the molecule is Cc1ccc(C)c(S(=O)(=O)N(Cc2ccccc2)[C@H]2CS(=O)(=O)C[C@H]2NCc2ccccc2)c1. The molecule has 0 radical (unpaired) electrons. The lowest BCUT2D eigenvalue weighted by atomic mass is 10.1. The van der Waals surface area contributed by atoms with Crippen LogP contribution in [0.5, 0.6) is 0 Å². The minimum absolute atomic E-state index is 0.0975. The molecule has 6 nitrogen and oxygen atoms in total. The van der Waals surface area contributed by atoms with Crippen molar-refractivity contribution in [2.45, 2.75) is 43.9 Å². The second-order valence-electron chi connectivity index (χ2n) is 8.92. The summed E-state index contributed by atoms with van der Waals surface area (Å²) in [5.41, 5.74) is 3.29. The Hall–Kier alpha value is -2.52. The van der Waals surface area contributed by atoms with Gasteiger partial charge in [0.05, 0.1) is 22.4 Å². The van der Waals surface area contributed by atoms with E-state index in [1.807, 2.05) is 73.7 Å². The van der Waals surface area contributed by atoms with Gasteiger partial charge in [-0.25, -0.2) is 16.8 Å². The zero-order chi connectivity index (χ0) is 24.3. The highest BCUT2D eigenvalue weighted by atomic mass is 32.2. The van der Waals surface area contributed by atoms with Crippen LogP contribution < -0.4 is 5.32 Å². The molecule has 3 aromatic rings. The molecule has 180 valence electrons. The number of rotatable bonds is 8. The van der Waals surface area contributed by atoms with Crippen molar-refractivity contribution in [3.05, 3.63) is 101 Å². The summed E-state index contributed by atoms with van der Waals surface area (Å²) in [7, 11) is -7.39. The number of aryl methyl sites for hydroxylation is 2. The van der Waals surface area contributed by atoms with E-state index in [-0.39, 0.29) is 22.9 Å². The van der Waals surface area contributed by atoms with Crippen LogP contribution in [-0.2, 0) is 33.0 Å². The highest BCUT2D eigenvalue weighted by Gasteiger charge is 2.45. The molecular weight excluding hydrogens is 468 g/mol. The monoisotopic (exact) mass is 498 g/mol. The number of nitrogens with one attached hydrogen (secondary N) is 1. The van der Waals surface area contributed by atoms with E-state index >= 15 is 0 Å². The van der Waals surface area contributed by atoms with Crippen molar-refractivity contribution in [2.24, 2.45) is 0 Å². The topological polar surface area (TPSA) is 83.6 Å². The maximum absolute atomic E-state index is 14.0. The largest absolute Gasteiger partial charge is 0.307 e. The van der Waals surface area contributed by atoms with Crippen molar-refractivity contribution >= 4 is 19.9 Å². The van der Waals surface area contributed by atoms with Crippen LogP contribution in [0, 0.1) is 13.8 Å². The van der Waals surface area contributed by atoms with Crippen LogP contribution in [0.3, 0.4) is 0 Å². The van der Waals surface area contributed by atoms with Crippen LogP contribution in [0.25, 0.3) is 0 Å². The summed E-state index contributed by atoms with van der Waals surface area (Å²) in [6.45, 7) is 4.17. The van der Waals surface area contributed by atoms with Crippen molar-refractivity contribution in [3.8, 4) is 0 Å². The maximum atomic E-state index is 14.0. The van der Waals surface area contributed by atoms with Crippen LogP contribution in [0.4, 0.5) is 0 Å². The van der Waals surface area contributed by atoms with Gasteiger partial charge in [0, 0.05) is 19.1 Å². The molecule has 0 aromatic heterocycles. The van der Waals surface area contributed by atoms with Gasteiger partial charge < -0.3 is 5.32 Å². The quantitative estimate of drug-likeness (QED) is 0.514. The summed E-state index contributed by atoms with van der Waals surface area (Å²) >= 11 is 0. The molecule has 1 aliphatic heterocycles. The third-order valence-corrected chi connectivity index (χ3v) is 9.94. The molecule has 1 saturated heterocycles. The number of nitrogens with zero attached hydrogens (tertiary/aromatic N) is 1. The van der Waals surface area contributed by atoms with Crippen molar-refractivity contribution < 1.29 is 16.8 Å². The fourth-order valence-corrected chi connectivity index (χ4v) is 8.42. The predicted molar refractivity (Wildman–Crippen MR) is 135 cm³/mol. The number of hydrogen-bond acceptors (Lipinski definition) is 5. The Morgan fingerprint density at radius 2 is 1.50 bits per heavy atom. The minimum atomic E-state index is -3.97. The molecule has 1 N–H and O–H groups in total. The molecule has 0 aliphatic carbocycles. The van der Waals surface area contributed by atoms with Gasteiger partial charge in [-0.05, 0) is 42.2 Å². The fourth-order valence-electron chi connectivity index (χ4n) is 4.41. The van der Waals surface area contributed by atoms with E-state index in [0.717, 1.165) is 16.7 Å². The average Bonchev–Trinajstić information content (AvgIpc) is 3.12. The van der Waals surface area contributed by atoms with E-state index in [4.69, 9.17) is 0 Å². The van der Waals surface area contributed by atoms with Crippen molar-refractivity contribution in [3.63, 3.8) is 0 Å². The van der Waals surface area contributed by atoms with Crippen molar-refractivity contribution in [1.29, 1.82) is 0 Å². The Morgan fingerprint density at radius 3 is 2.15 bits per heavy atom. The van der Waals surface area contributed by atoms with E-state index in [9.17, 15) is 16.8 Å². The van der Waals surface area contributed by atoms with Crippen molar-refractivity contribution in [2.75, 3.05) is 11.5 Å². The highest BCUT2D eigenvalue weighted by Crippen LogP contribution is 2.29. The third kappa shape index (κ3) is 5.58. The lowest BCUT2D eigenvalue weighted by Crippen LogP contribution is -2.51. The van der Waals surface area contributed by atoms with Crippen molar-refractivity contribution in [1.82, 2.24) is 9.62 Å². The predicted octanol–water partition coefficient (Wildman–Crippen LogP) is 3.45. The fraction of sp³-hybridized carbons (Fsp3) is 0.308. The zero-order valence-corrected chi connectivity index (χ0v) is 21.0. The molecule has 2 atom stereocenters. The van der Waals surface area contributed by atoms with Gasteiger partial charge in [-0.2, -0.15) is 4.31 Å². The Kier molecular flexibility index (Phi) is 7.23. The van der Waals surface area contributed by atoms with E-state index in [1.165, 1.54) is 4.31 Å². The van der Waals surface area contributed by atoms with Gasteiger partial charge in [0.2, 0.25) is 10.0 Å². The normalized spacial score (nSPS) is 20.0. The molecule has 1 aliphatic rings. The summed E-state index contributed by atoms with van der Waals surface area (Å²) < 4.78 is 54.9. The number of sulfone groups is 1. The standard InChI is InChI=1S/C26H30N2O4S2/c1-20-13-14-21(2)26(15-20)34(31,32)28(17-23-11-7-4-8-12-23)25-19-33(29,30)18-24(25)27-16-22-9-5-3-6-10-22/h3-15,24-25,27H,16-19H2,1-2H3/t24-,25+/m1/s1. The molecule has 1 fully saturated rings. The molecule has 34 heavy (non-hydrogen) atoms. The second kappa shape index (κ2) is 10.00. The van der Waals surface area contributed by atoms with E-state index in [2.05, 4.69) is 5.32 Å². The summed E-state index contributed by atoms with van der Waals surface area (Å²) in [5.74, 6) is -0.311. The van der Waals surface area contributed by atoms with Crippen LogP contribution in [0.1, 0.15) is 22.3 Å². The van der Waals surface area contributed by atoms with Crippen LogP contribution in [0.15, 0.2) is 83.8 Å². The lowest BCUT2D eigenvalue weighted by molar-refractivity contribution is 0.286. The van der Waals surface area contributed by atoms with E-state index in [1.54, 1.807) is 19.1 Å². The van der Waals surface area contributed by atoms with Crippen LogP contribution in [-0.4, -0.2) is 44.7 Å². The highest BCUT2D eigenvalue weighted by molar-refractivity contribution is 7.92. The first-order valence-corrected chi connectivity index (χ1v) is 14.5. The number of hydrogen-bond donors (Lipinski definition) is 1. The first-order chi connectivity index (χ1) is 16.2. The molecule has 0 amide bonds. The van der Waals surface area contributed by atoms with Gasteiger partial charge in [-0.15, -0.1) is 0 Å². The Labute approximate surface area is 202 Å². The van der Waals surface area contributed by atoms with Gasteiger partial charge >= 0.3 is 0 Å². The Bertz CT molecular complexity index is 1340. The molecule has 0 spiro atoms. The molecule has 0 saturated carbocycles. The van der Waals surface area contributed by atoms with Crippen LogP contribution in [0.2, 0.25) is 0 Å². The van der Waals surface area contributed by atoms with E-state index < -0.39 is 31.9 Å². The summed E-state index contributed by atoms with van der Waals surface area (Å²) in [6, 6.07) is 23.1. The van der Waals surface area contributed by atoms with Crippen LogP contribution >= 0.6 is 0 Å². The molecule has 0 bridgehead atoms. The van der Waals surface area contributed by atoms with Gasteiger partial charge in [-0.3, -0.25) is 0 Å². The molecule has 8 heteroatoms. The lowest BCUT2D eigenvalue weighted by Gasteiger charge is -2.32. The third-order valence-electron chi connectivity index (χ3n) is 6.22. The zero-order valence-electron chi connectivity index (χ0n) is 19.4. The minimum Gasteiger partial charge on any atom is -0.307 e. The maximum Gasteiger partial charge on any atom is 0.243 e. The second-order valence-corrected chi connectivity index (χ2v) is 12.9. The Balaban J connectivity index is 1.74. The smallest absolute Gasteiger partial charge is 0.243 e. The molecular formula is C26H30N2O4S2. The molecule has 4 rings (SSSR count). The average molecular weight is 499 g/mol. The first-order valence-electron chi connectivity index (χ1n) is 11.3. The molecule has 0 unspecified atom stereocenters. The van der Waals surface area contributed by atoms with Gasteiger partial charge in [0.25, 0.3) is 0 Å². The van der Waals surface area contributed by atoms with Gasteiger partial charge in [0.15, 0.2) is 9.84 Å². The first kappa shape index (κ1) is 24.6. The summed E-state index contributed by atoms with van der Waals surface area (Å²) in [4.78, 5) is 0.217. The van der Waals surface area contributed by atoms with E-state index in [0.29, 0.717) is 12.1 Å². The van der Waals surface area contributed by atoms with Gasteiger partial charge in [-0.1, -0.05) is 72.8 Å². The summed E-state index contributed by atoms with van der Waals surface area (Å²) in [6.07, 6.45) is 0. The molecule has 1 heterocycles. The summed E-state index contributed by atoms with van der Waals surface area (Å²) in [5, 5.41) is 3.33. The molecule has 3 aromatic carbocycles. The Morgan fingerprint density at radius 1 is 0.882 bits per heavy atom. The number of benzene rings is 3.